The van der Waals surface area contributed by atoms with Gasteiger partial charge in [-0.15, -0.1) is 0 Å². The van der Waals surface area contributed by atoms with E-state index in [1.807, 2.05) is 26.0 Å². The van der Waals surface area contributed by atoms with E-state index in [1.54, 1.807) is 24.3 Å². The van der Waals surface area contributed by atoms with E-state index in [9.17, 15) is 18.4 Å². The van der Waals surface area contributed by atoms with Crippen LogP contribution in [0.25, 0.3) is 11.0 Å². The highest BCUT2D eigenvalue weighted by atomic mass is 19.1. The topological polar surface area (TPSA) is 80.1 Å². The normalized spacial score (nSPS) is 15.8. The molecule has 1 unspecified atom stereocenters. The molecule has 1 atom stereocenters. The van der Waals surface area contributed by atoms with Gasteiger partial charge in [-0.1, -0.05) is 38.1 Å². The Labute approximate surface area is 177 Å². The first-order valence-corrected chi connectivity index (χ1v) is 9.90. The Hall–Kier alpha value is -3.62. The molecule has 0 spiro atoms. The van der Waals surface area contributed by atoms with Crippen LogP contribution in [0.3, 0.4) is 0 Å². The van der Waals surface area contributed by atoms with Crippen LogP contribution in [-0.4, -0.2) is 44.3 Å². The highest BCUT2D eigenvalue weighted by Crippen LogP contribution is 2.25. The van der Waals surface area contributed by atoms with E-state index >= 15 is 0 Å². The molecule has 9 heteroatoms. The molecule has 2 heterocycles. The number of carbonyl (C=O) groups excluding carboxylic acids is 2. The van der Waals surface area contributed by atoms with Crippen LogP contribution in [0.2, 0.25) is 0 Å². The predicted octanol–water partition coefficient (Wildman–Crippen LogP) is 3.38. The summed E-state index contributed by atoms with van der Waals surface area (Å²) in [4.78, 5) is 28.0. The number of aromatic nitrogens is 3. The number of carbonyl (C=O) groups is 2. The number of anilines is 1. The largest absolute Gasteiger partial charge is 0.328 e. The molecule has 1 aromatic heterocycles. The van der Waals surface area contributed by atoms with E-state index in [-0.39, 0.29) is 29.8 Å². The number of fused-ring (bicyclic) bond motifs is 1. The third kappa shape index (κ3) is 4.16. The number of nitrogens with zero attached hydrogens (tertiary/aromatic N) is 4. The summed E-state index contributed by atoms with van der Waals surface area (Å²) in [6, 6.07) is 8.58. The lowest BCUT2D eigenvalue weighted by molar-refractivity contribution is -0.117. The second-order valence-electron chi connectivity index (χ2n) is 7.70. The molecule has 0 aliphatic carbocycles. The van der Waals surface area contributed by atoms with E-state index in [2.05, 4.69) is 15.5 Å². The zero-order valence-electron chi connectivity index (χ0n) is 17.0. The summed E-state index contributed by atoms with van der Waals surface area (Å²) in [7, 11) is 0. The van der Waals surface area contributed by atoms with Crippen molar-refractivity contribution in [3.8, 4) is 0 Å². The van der Waals surface area contributed by atoms with Crippen LogP contribution in [0.15, 0.2) is 48.6 Å². The number of hydrogen-bond acceptors (Lipinski definition) is 4. The van der Waals surface area contributed by atoms with Gasteiger partial charge in [-0.25, -0.2) is 8.78 Å². The van der Waals surface area contributed by atoms with Crippen molar-refractivity contribution in [2.75, 3.05) is 11.9 Å². The quantitative estimate of drug-likeness (QED) is 0.636. The fraction of sp³-hybridized carbons (Fsp3) is 0.273. The summed E-state index contributed by atoms with van der Waals surface area (Å²) in [6.07, 6.45) is 3.74. The molecule has 4 rings (SSSR count). The molecule has 2 aromatic carbocycles. The lowest BCUT2D eigenvalue weighted by Crippen LogP contribution is -2.39. The van der Waals surface area contributed by atoms with Gasteiger partial charge in [-0.2, -0.15) is 15.0 Å². The average molecular weight is 425 g/mol. The molecule has 0 saturated heterocycles. The van der Waals surface area contributed by atoms with Crippen molar-refractivity contribution in [1.82, 2.24) is 19.9 Å². The Bertz CT molecular complexity index is 1150. The third-order valence-corrected chi connectivity index (χ3v) is 5.11. The van der Waals surface area contributed by atoms with Gasteiger partial charge in [-0.3, -0.25) is 9.59 Å². The minimum absolute atomic E-state index is 0.141. The summed E-state index contributed by atoms with van der Waals surface area (Å²) in [5, 5.41) is 10.7. The second-order valence-corrected chi connectivity index (χ2v) is 7.70. The van der Waals surface area contributed by atoms with E-state index in [1.165, 1.54) is 9.70 Å². The Morgan fingerprint density at radius 2 is 1.81 bits per heavy atom. The van der Waals surface area contributed by atoms with Gasteiger partial charge in [-0.05, 0) is 24.1 Å². The van der Waals surface area contributed by atoms with Crippen molar-refractivity contribution in [3.05, 3.63) is 65.7 Å². The van der Waals surface area contributed by atoms with Crippen molar-refractivity contribution in [1.29, 1.82) is 0 Å². The van der Waals surface area contributed by atoms with Crippen LogP contribution in [0.1, 0.15) is 24.2 Å². The maximum Gasteiger partial charge on any atom is 0.257 e. The van der Waals surface area contributed by atoms with Gasteiger partial charge < -0.3 is 10.2 Å². The van der Waals surface area contributed by atoms with Gasteiger partial charge in [0, 0.05) is 12.6 Å². The average Bonchev–Trinajstić information content (AvgIpc) is 3.36. The Kier molecular flexibility index (Phi) is 5.50. The van der Waals surface area contributed by atoms with Crippen LogP contribution in [-0.2, 0) is 11.3 Å². The molecule has 1 N–H and O–H groups in total. The zero-order chi connectivity index (χ0) is 22.1. The molecule has 2 amide bonds. The van der Waals surface area contributed by atoms with Crippen LogP contribution >= 0.6 is 0 Å². The second kappa shape index (κ2) is 8.25. The number of hydrogen-bond donors (Lipinski definition) is 1. The standard InChI is InChI=1S/C22H21F2N5O2/c1-13(2)20-8-5-9-28(20)22(31)14-10-19(16(24)11-15(14)23)25-21(30)12-29-26-17-6-3-4-7-18(17)27-29/h3-8,10-11,13,20H,9,12H2,1-2H3,(H,25,30). The third-order valence-electron chi connectivity index (χ3n) is 5.11. The molecule has 0 radical (unpaired) electrons. The summed E-state index contributed by atoms with van der Waals surface area (Å²) < 4.78 is 28.7. The number of amides is 2. The molecule has 160 valence electrons. The van der Waals surface area contributed by atoms with E-state index in [0.29, 0.717) is 23.6 Å². The van der Waals surface area contributed by atoms with E-state index in [4.69, 9.17) is 0 Å². The first-order valence-electron chi connectivity index (χ1n) is 9.90. The van der Waals surface area contributed by atoms with Crippen LogP contribution < -0.4 is 5.32 Å². The van der Waals surface area contributed by atoms with Crippen molar-refractivity contribution in [2.45, 2.75) is 26.4 Å². The van der Waals surface area contributed by atoms with Crippen LogP contribution in [0, 0.1) is 17.6 Å². The fourth-order valence-corrected chi connectivity index (χ4v) is 3.60. The minimum Gasteiger partial charge on any atom is -0.328 e. The van der Waals surface area contributed by atoms with Gasteiger partial charge in [0.25, 0.3) is 5.91 Å². The Morgan fingerprint density at radius 3 is 2.45 bits per heavy atom. The van der Waals surface area contributed by atoms with Crippen molar-refractivity contribution >= 4 is 28.5 Å². The highest BCUT2D eigenvalue weighted by molar-refractivity contribution is 5.98. The molecule has 0 fully saturated rings. The molecule has 0 bridgehead atoms. The zero-order valence-corrected chi connectivity index (χ0v) is 17.0. The summed E-state index contributed by atoms with van der Waals surface area (Å²) in [5.74, 6) is -2.97. The number of nitrogens with one attached hydrogen (secondary N) is 1. The van der Waals surface area contributed by atoms with E-state index < -0.39 is 23.4 Å². The predicted molar refractivity (Wildman–Crippen MR) is 111 cm³/mol. The molecule has 3 aromatic rings. The number of halogens is 2. The van der Waals surface area contributed by atoms with Gasteiger partial charge in [0.05, 0.1) is 17.3 Å². The van der Waals surface area contributed by atoms with Crippen molar-refractivity contribution in [2.24, 2.45) is 5.92 Å². The molecule has 1 aliphatic rings. The Morgan fingerprint density at radius 1 is 1.13 bits per heavy atom. The molecule has 31 heavy (non-hydrogen) atoms. The fourth-order valence-electron chi connectivity index (χ4n) is 3.60. The maximum absolute atomic E-state index is 14.4. The van der Waals surface area contributed by atoms with Crippen LogP contribution in [0.5, 0.6) is 0 Å². The van der Waals surface area contributed by atoms with Crippen LogP contribution in [0.4, 0.5) is 14.5 Å². The molecular weight excluding hydrogens is 404 g/mol. The monoisotopic (exact) mass is 425 g/mol. The van der Waals surface area contributed by atoms with E-state index in [0.717, 1.165) is 6.07 Å². The van der Waals surface area contributed by atoms with Gasteiger partial charge in [0.15, 0.2) is 0 Å². The molecule has 7 nitrogen and oxygen atoms in total. The van der Waals surface area contributed by atoms with Crippen molar-refractivity contribution < 1.29 is 18.4 Å². The maximum atomic E-state index is 14.4. The first-order chi connectivity index (χ1) is 14.8. The van der Waals surface area contributed by atoms with Gasteiger partial charge in [0.1, 0.15) is 29.2 Å². The molecule has 1 aliphatic heterocycles. The SMILES string of the molecule is CC(C)C1C=CCN1C(=O)c1cc(NC(=O)Cn2nc3ccccc3n2)c(F)cc1F. The summed E-state index contributed by atoms with van der Waals surface area (Å²) >= 11 is 0. The Balaban J connectivity index is 1.53. The minimum atomic E-state index is -0.977. The van der Waals surface area contributed by atoms with Crippen molar-refractivity contribution in [3.63, 3.8) is 0 Å². The highest BCUT2D eigenvalue weighted by Gasteiger charge is 2.30. The summed E-state index contributed by atoms with van der Waals surface area (Å²) in [6.45, 7) is 4.00. The summed E-state index contributed by atoms with van der Waals surface area (Å²) in [5.41, 5.74) is 0.666. The molecular formula is C22H21F2N5O2. The number of rotatable bonds is 5. The smallest absolute Gasteiger partial charge is 0.257 e. The van der Waals surface area contributed by atoms with Gasteiger partial charge >= 0.3 is 0 Å². The first kappa shape index (κ1) is 20.6. The molecule has 0 saturated carbocycles. The number of benzene rings is 2. The lowest BCUT2D eigenvalue weighted by atomic mass is 10.0. The van der Waals surface area contributed by atoms with Gasteiger partial charge in [0.2, 0.25) is 5.91 Å². The lowest BCUT2D eigenvalue weighted by Gasteiger charge is -2.27.